The molecule has 108 valence electrons. The second-order valence-corrected chi connectivity index (χ2v) is 6.33. The van der Waals surface area contributed by atoms with Crippen molar-refractivity contribution in [2.45, 2.75) is 44.9 Å². The zero-order valence-corrected chi connectivity index (χ0v) is 12.1. The van der Waals surface area contributed by atoms with E-state index in [1.165, 1.54) is 5.56 Å². The van der Waals surface area contributed by atoms with Crippen LogP contribution in [0, 0.1) is 11.8 Å². The van der Waals surface area contributed by atoms with Crippen LogP contribution >= 0.6 is 0 Å². The number of carboxylic acids is 1. The number of carbonyl (C=O) groups is 1. The lowest BCUT2D eigenvalue weighted by atomic mass is 9.82. The smallest absolute Gasteiger partial charge is 0.306 e. The normalized spacial score (nSPS) is 24.4. The van der Waals surface area contributed by atoms with Crippen molar-refractivity contribution in [1.29, 1.82) is 0 Å². The van der Waals surface area contributed by atoms with E-state index in [-0.39, 0.29) is 11.8 Å². The monoisotopic (exact) mass is 274 g/mol. The molecule has 3 atom stereocenters. The number of benzene rings is 1. The van der Waals surface area contributed by atoms with Crippen LogP contribution in [-0.4, -0.2) is 17.7 Å². The lowest BCUT2D eigenvalue weighted by molar-refractivity contribution is -0.142. The number of rotatable bonds is 4. The van der Waals surface area contributed by atoms with Crippen molar-refractivity contribution in [2.75, 3.05) is 6.61 Å². The standard InChI is InChI=1S/C17H22O3/c1-10-7-8-20-15-9-13(5-6-14(10)15)16(12-3-4-12)11(2)17(18)19/h5-6,9-12,16H,3-4,7-8H2,1-2H3,(H,18,19). The molecule has 1 fully saturated rings. The number of hydrogen-bond donors (Lipinski definition) is 1. The molecule has 0 bridgehead atoms. The highest BCUT2D eigenvalue weighted by atomic mass is 16.5. The molecule has 0 radical (unpaired) electrons. The fourth-order valence-electron chi connectivity index (χ4n) is 3.37. The van der Waals surface area contributed by atoms with Crippen LogP contribution in [0.4, 0.5) is 0 Å². The van der Waals surface area contributed by atoms with E-state index < -0.39 is 5.97 Å². The fraction of sp³-hybridized carbons (Fsp3) is 0.588. The number of aliphatic carboxylic acids is 1. The third-order valence-corrected chi connectivity index (χ3v) is 4.82. The maximum absolute atomic E-state index is 11.4. The molecular weight excluding hydrogens is 252 g/mol. The highest BCUT2D eigenvalue weighted by molar-refractivity contribution is 5.71. The molecule has 0 spiro atoms. The Hall–Kier alpha value is -1.51. The van der Waals surface area contributed by atoms with Gasteiger partial charge in [0.1, 0.15) is 5.75 Å². The SMILES string of the molecule is CC1CCOc2cc(C(C3CC3)C(C)C(=O)O)ccc21. The van der Waals surface area contributed by atoms with Gasteiger partial charge in [0.15, 0.2) is 0 Å². The summed E-state index contributed by atoms with van der Waals surface area (Å²) in [6.45, 7) is 4.81. The zero-order valence-electron chi connectivity index (χ0n) is 12.1. The highest BCUT2D eigenvalue weighted by Gasteiger charge is 2.39. The van der Waals surface area contributed by atoms with Crippen LogP contribution in [0.25, 0.3) is 0 Å². The summed E-state index contributed by atoms with van der Waals surface area (Å²) in [6.07, 6.45) is 3.36. The first-order valence-corrected chi connectivity index (χ1v) is 7.57. The Labute approximate surface area is 120 Å². The summed E-state index contributed by atoms with van der Waals surface area (Å²) in [5, 5.41) is 9.34. The van der Waals surface area contributed by atoms with Crippen LogP contribution in [0.3, 0.4) is 0 Å². The maximum Gasteiger partial charge on any atom is 0.306 e. The van der Waals surface area contributed by atoms with E-state index in [1.807, 2.05) is 6.92 Å². The second-order valence-electron chi connectivity index (χ2n) is 6.33. The summed E-state index contributed by atoms with van der Waals surface area (Å²) in [4.78, 5) is 11.4. The average Bonchev–Trinajstić information content (AvgIpc) is 3.23. The van der Waals surface area contributed by atoms with Gasteiger partial charge in [0.05, 0.1) is 12.5 Å². The van der Waals surface area contributed by atoms with Gasteiger partial charge in [-0.15, -0.1) is 0 Å². The molecule has 1 aliphatic heterocycles. The lowest BCUT2D eigenvalue weighted by Crippen LogP contribution is -2.21. The molecule has 3 unspecified atom stereocenters. The third-order valence-electron chi connectivity index (χ3n) is 4.82. The first-order chi connectivity index (χ1) is 9.58. The number of hydrogen-bond acceptors (Lipinski definition) is 2. The molecule has 1 heterocycles. The minimum atomic E-state index is -0.700. The van der Waals surface area contributed by atoms with Crippen LogP contribution in [0.1, 0.15) is 56.1 Å². The van der Waals surface area contributed by atoms with Crippen LogP contribution in [0.5, 0.6) is 5.75 Å². The van der Waals surface area contributed by atoms with Gasteiger partial charge in [0.2, 0.25) is 0 Å². The Morgan fingerprint density at radius 2 is 2.10 bits per heavy atom. The number of fused-ring (bicyclic) bond motifs is 1. The zero-order chi connectivity index (χ0) is 14.3. The summed E-state index contributed by atoms with van der Waals surface area (Å²) in [6, 6.07) is 6.35. The van der Waals surface area contributed by atoms with Crippen molar-refractivity contribution in [1.82, 2.24) is 0 Å². The fourth-order valence-corrected chi connectivity index (χ4v) is 3.37. The molecule has 0 amide bonds. The minimum absolute atomic E-state index is 0.124. The molecule has 1 saturated carbocycles. The lowest BCUT2D eigenvalue weighted by Gasteiger charge is -2.26. The van der Waals surface area contributed by atoms with Crippen molar-refractivity contribution in [2.24, 2.45) is 11.8 Å². The van der Waals surface area contributed by atoms with E-state index in [0.717, 1.165) is 37.2 Å². The summed E-state index contributed by atoms with van der Waals surface area (Å²) >= 11 is 0. The molecule has 1 N–H and O–H groups in total. The van der Waals surface area contributed by atoms with Crippen molar-refractivity contribution in [3.63, 3.8) is 0 Å². The number of carboxylic acid groups (broad SMARTS) is 1. The molecule has 1 aromatic rings. The molecule has 1 aliphatic carbocycles. The first-order valence-electron chi connectivity index (χ1n) is 7.57. The molecule has 1 aromatic carbocycles. The molecule has 20 heavy (non-hydrogen) atoms. The van der Waals surface area contributed by atoms with Gasteiger partial charge in [-0.25, -0.2) is 0 Å². The Balaban J connectivity index is 1.94. The summed E-state index contributed by atoms with van der Waals surface area (Å²) in [7, 11) is 0. The van der Waals surface area contributed by atoms with Crippen LogP contribution in [0.15, 0.2) is 18.2 Å². The van der Waals surface area contributed by atoms with Gasteiger partial charge in [-0.3, -0.25) is 4.79 Å². The first kappa shape index (κ1) is 13.5. The molecule has 3 heteroatoms. The van der Waals surface area contributed by atoms with Gasteiger partial charge in [0, 0.05) is 0 Å². The van der Waals surface area contributed by atoms with Gasteiger partial charge < -0.3 is 9.84 Å². The Morgan fingerprint density at radius 1 is 1.35 bits per heavy atom. The Kier molecular flexibility index (Phi) is 3.45. The van der Waals surface area contributed by atoms with E-state index >= 15 is 0 Å². The molecule has 2 aliphatic rings. The van der Waals surface area contributed by atoms with Gasteiger partial charge in [-0.1, -0.05) is 26.0 Å². The van der Waals surface area contributed by atoms with E-state index in [1.54, 1.807) is 0 Å². The average molecular weight is 274 g/mol. The van der Waals surface area contributed by atoms with Crippen LogP contribution < -0.4 is 4.74 Å². The van der Waals surface area contributed by atoms with Gasteiger partial charge in [0.25, 0.3) is 0 Å². The van der Waals surface area contributed by atoms with Crippen molar-refractivity contribution >= 4 is 5.97 Å². The van der Waals surface area contributed by atoms with Crippen molar-refractivity contribution in [3.8, 4) is 5.75 Å². The summed E-state index contributed by atoms with van der Waals surface area (Å²) in [5.74, 6) is 1.11. The number of ether oxygens (including phenoxy) is 1. The molecule has 3 rings (SSSR count). The third kappa shape index (κ3) is 2.41. The predicted molar refractivity (Wildman–Crippen MR) is 77.2 cm³/mol. The van der Waals surface area contributed by atoms with Crippen LogP contribution in [0.2, 0.25) is 0 Å². The predicted octanol–water partition coefficient (Wildman–Crippen LogP) is 3.79. The Bertz CT molecular complexity index is 519. The largest absolute Gasteiger partial charge is 0.493 e. The van der Waals surface area contributed by atoms with E-state index in [9.17, 15) is 9.90 Å². The molecular formula is C17H22O3. The van der Waals surface area contributed by atoms with E-state index in [2.05, 4.69) is 25.1 Å². The quantitative estimate of drug-likeness (QED) is 0.908. The molecule has 3 nitrogen and oxygen atoms in total. The van der Waals surface area contributed by atoms with Crippen molar-refractivity contribution < 1.29 is 14.6 Å². The van der Waals surface area contributed by atoms with Crippen molar-refractivity contribution in [3.05, 3.63) is 29.3 Å². The minimum Gasteiger partial charge on any atom is -0.493 e. The van der Waals surface area contributed by atoms with E-state index in [4.69, 9.17) is 4.74 Å². The summed E-state index contributed by atoms with van der Waals surface area (Å²) in [5.41, 5.74) is 2.40. The van der Waals surface area contributed by atoms with Crippen LogP contribution in [-0.2, 0) is 4.79 Å². The molecule has 0 saturated heterocycles. The van der Waals surface area contributed by atoms with Gasteiger partial charge in [-0.05, 0) is 54.2 Å². The Morgan fingerprint density at radius 3 is 2.75 bits per heavy atom. The topological polar surface area (TPSA) is 46.5 Å². The van der Waals surface area contributed by atoms with E-state index in [0.29, 0.717) is 11.8 Å². The summed E-state index contributed by atoms with van der Waals surface area (Å²) < 4.78 is 5.78. The van der Waals surface area contributed by atoms with Gasteiger partial charge >= 0.3 is 5.97 Å². The second kappa shape index (κ2) is 5.12. The maximum atomic E-state index is 11.4. The highest BCUT2D eigenvalue weighted by Crippen LogP contribution is 2.48. The molecule has 0 aromatic heterocycles. The van der Waals surface area contributed by atoms with Gasteiger partial charge in [-0.2, -0.15) is 0 Å².